The lowest BCUT2D eigenvalue weighted by Gasteiger charge is -2.21. The maximum absolute atomic E-state index is 11.9. The Hall–Kier alpha value is -2.10. The average molecular weight is 511 g/mol. The lowest BCUT2D eigenvalue weighted by molar-refractivity contribution is -0.145. The Balaban J connectivity index is 0.00000300. The van der Waals surface area contributed by atoms with Crippen LogP contribution in [0.5, 0.6) is 0 Å². The van der Waals surface area contributed by atoms with E-state index in [0.717, 1.165) is 31.3 Å². The molecule has 0 spiro atoms. The molecule has 2 atom stereocenters. The van der Waals surface area contributed by atoms with Crippen LogP contribution in [0.25, 0.3) is 0 Å². The predicted octanol–water partition coefficient (Wildman–Crippen LogP) is 2.56. The second-order valence-corrected chi connectivity index (χ2v) is 7.19. The van der Waals surface area contributed by atoms with Gasteiger partial charge in [-0.15, -0.1) is 24.0 Å². The van der Waals surface area contributed by atoms with Crippen molar-refractivity contribution in [2.45, 2.75) is 26.4 Å². The fourth-order valence-electron chi connectivity index (χ4n) is 3.69. The van der Waals surface area contributed by atoms with Gasteiger partial charge in [0, 0.05) is 39.1 Å². The second kappa shape index (κ2) is 11.2. The highest BCUT2D eigenvalue weighted by atomic mass is 127. The Kier molecular flexibility index (Phi) is 8.94. The van der Waals surface area contributed by atoms with Crippen LogP contribution in [0.2, 0.25) is 0 Å². The highest BCUT2D eigenvalue weighted by Crippen LogP contribution is 2.24. The van der Waals surface area contributed by atoms with Crippen LogP contribution in [0.4, 0.5) is 0 Å². The zero-order valence-corrected chi connectivity index (χ0v) is 19.6. The molecule has 1 aromatic carbocycles. The maximum atomic E-state index is 11.9. The third-order valence-electron chi connectivity index (χ3n) is 5.32. The first-order valence-electron chi connectivity index (χ1n) is 9.69. The van der Waals surface area contributed by atoms with Gasteiger partial charge in [0.15, 0.2) is 5.96 Å². The summed E-state index contributed by atoms with van der Waals surface area (Å²) in [4.78, 5) is 22.9. The first kappa shape index (κ1) is 23.2. The Morgan fingerprint density at radius 2 is 2.07 bits per heavy atom. The van der Waals surface area contributed by atoms with Gasteiger partial charge in [-0.25, -0.2) is 4.98 Å². The number of aromatic nitrogens is 2. The molecule has 2 unspecified atom stereocenters. The molecule has 29 heavy (non-hydrogen) atoms. The van der Waals surface area contributed by atoms with Crippen LogP contribution in [-0.2, 0) is 29.0 Å². The Bertz CT molecular complexity index is 808. The number of aryl methyl sites for hydroxylation is 2. The summed E-state index contributed by atoms with van der Waals surface area (Å²) in [5.41, 5.74) is 1.31. The number of halogens is 1. The molecule has 8 heteroatoms. The lowest BCUT2D eigenvalue weighted by atomic mass is 9.99. The van der Waals surface area contributed by atoms with Gasteiger partial charge in [-0.1, -0.05) is 37.3 Å². The van der Waals surface area contributed by atoms with Crippen molar-refractivity contribution in [1.82, 2.24) is 19.8 Å². The van der Waals surface area contributed by atoms with Gasteiger partial charge in [0.2, 0.25) is 0 Å². The van der Waals surface area contributed by atoms with E-state index < -0.39 is 0 Å². The maximum Gasteiger partial charge on any atom is 0.310 e. The number of nitrogens with one attached hydrogen (secondary N) is 1. The van der Waals surface area contributed by atoms with Crippen molar-refractivity contribution in [3.05, 3.63) is 54.1 Å². The third kappa shape index (κ3) is 5.94. The number of carbonyl (C=O) groups is 1. The van der Waals surface area contributed by atoms with Crippen LogP contribution < -0.4 is 5.32 Å². The minimum Gasteiger partial charge on any atom is -0.469 e. The third-order valence-corrected chi connectivity index (χ3v) is 5.32. The molecule has 158 valence electrons. The number of hydrogen-bond donors (Lipinski definition) is 1. The topological polar surface area (TPSA) is 71.8 Å². The molecule has 0 aliphatic carbocycles. The Morgan fingerprint density at radius 3 is 2.76 bits per heavy atom. The van der Waals surface area contributed by atoms with Crippen LogP contribution in [0.15, 0.2) is 47.7 Å². The fourth-order valence-corrected chi connectivity index (χ4v) is 3.69. The smallest absolute Gasteiger partial charge is 0.310 e. The zero-order valence-electron chi connectivity index (χ0n) is 17.2. The van der Waals surface area contributed by atoms with E-state index >= 15 is 0 Å². The van der Waals surface area contributed by atoms with Crippen molar-refractivity contribution in [3.8, 4) is 0 Å². The van der Waals surface area contributed by atoms with E-state index in [1.165, 1.54) is 12.7 Å². The summed E-state index contributed by atoms with van der Waals surface area (Å²) in [6.07, 6.45) is 4.80. The number of likely N-dealkylation sites (tertiary alicyclic amines) is 1. The van der Waals surface area contributed by atoms with Crippen molar-refractivity contribution in [1.29, 1.82) is 0 Å². The van der Waals surface area contributed by atoms with E-state index in [1.807, 2.05) is 18.5 Å². The predicted molar refractivity (Wildman–Crippen MR) is 124 cm³/mol. The molecule has 3 rings (SSSR count). The molecule has 1 fully saturated rings. The number of rotatable bonds is 6. The largest absolute Gasteiger partial charge is 0.469 e. The molecule has 0 amide bonds. The van der Waals surface area contributed by atoms with E-state index in [4.69, 9.17) is 4.74 Å². The van der Waals surface area contributed by atoms with Crippen LogP contribution in [0, 0.1) is 11.8 Å². The molecule has 0 radical (unpaired) electrons. The number of methoxy groups -OCH3 is 1. The molecule has 0 bridgehead atoms. The summed E-state index contributed by atoms with van der Waals surface area (Å²) < 4.78 is 7.09. The van der Waals surface area contributed by atoms with Gasteiger partial charge in [0.25, 0.3) is 0 Å². The lowest BCUT2D eigenvalue weighted by Crippen LogP contribution is -2.40. The average Bonchev–Trinajstić information content (AvgIpc) is 3.33. The van der Waals surface area contributed by atoms with Crippen LogP contribution in [0.1, 0.15) is 18.3 Å². The van der Waals surface area contributed by atoms with Crippen molar-refractivity contribution in [3.63, 3.8) is 0 Å². The quantitative estimate of drug-likeness (QED) is 0.280. The number of esters is 1. The molecule has 2 aromatic rings. The summed E-state index contributed by atoms with van der Waals surface area (Å²) in [7, 11) is 3.21. The van der Waals surface area contributed by atoms with Gasteiger partial charge >= 0.3 is 5.97 Å². The van der Waals surface area contributed by atoms with Crippen molar-refractivity contribution >= 4 is 35.9 Å². The molecule has 1 saturated heterocycles. The van der Waals surface area contributed by atoms with E-state index in [2.05, 4.69) is 55.9 Å². The van der Waals surface area contributed by atoms with E-state index in [1.54, 1.807) is 7.05 Å². The summed E-state index contributed by atoms with van der Waals surface area (Å²) in [5, 5.41) is 3.39. The molecule has 7 nitrogen and oxygen atoms in total. The van der Waals surface area contributed by atoms with E-state index in [0.29, 0.717) is 13.1 Å². The van der Waals surface area contributed by atoms with E-state index in [-0.39, 0.29) is 41.8 Å². The second-order valence-electron chi connectivity index (χ2n) is 7.19. The van der Waals surface area contributed by atoms with Gasteiger partial charge < -0.3 is 19.5 Å². The van der Waals surface area contributed by atoms with Crippen molar-refractivity contribution < 1.29 is 9.53 Å². The van der Waals surface area contributed by atoms with Gasteiger partial charge in [0.1, 0.15) is 5.82 Å². The summed E-state index contributed by atoms with van der Waals surface area (Å²) in [6, 6.07) is 10.4. The minimum atomic E-state index is -0.151. The molecule has 1 aromatic heterocycles. The zero-order chi connectivity index (χ0) is 19.9. The summed E-state index contributed by atoms with van der Waals surface area (Å²) in [6.45, 7) is 4.94. The van der Waals surface area contributed by atoms with Crippen LogP contribution in [0.3, 0.4) is 0 Å². The molecule has 0 saturated carbocycles. The molecule has 1 aliphatic heterocycles. The van der Waals surface area contributed by atoms with Gasteiger partial charge in [-0.2, -0.15) is 0 Å². The van der Waals surface area contributed by atoms with Crippen molar-refractivity contribution in [2.24, 2.45) is 16.8 Å². The van der Waals surface area contributed by atoms with Crippen LogP contribution in [-0.4, -0.2) is 53.6 Å². The Labute approximate surface area is 189 Å². The number of ether oxygens (including phenoxy) is 1. The van der Waals surface area contributed by atoms with Gasteiger partial charge in [-0.05, 0) is 17.9 Å². The van der Waals surface area contributed by atoms with Gasteiger partial charge in [-0.3, -0.25) is 9.79 Å². The number of hydrogen-bond acceptors (Lipinski definition) is 4. The molecule has 1 aliphatic rings. The van der Waals surface area contributed by atoms with Crippen LogP contribution >= 0.6 is 24.0 Å². The standard InChI is InChI=1S/C21H29N5O2.HI/c1-16-14-26(15-18(16)20(27)28-3)21(22-2)24-13-19-23-10-12-25(19)11-9-17-7-5-4-6-8-17;/h4-8,10,12,16,18H,9,11,13-15H2,1-3H3,(H,22,24);1H. The van der Waals surface area contributed by atoms with E-state index in [9.17, 15) is 4.79 Å². The number of aliphatic imine (C=N–C) groups is 1. The molecular weight excluding hydrogens is 481 g/mol. The number of guanidine groups is 1. The highest BCUT2D eigenvalue weighted by molar-refractivity contribution is 14.0. The summed E-state index contributed by atoms with van der Waals surface area (Å²) >= 11 is 0. The monoisotopic (exact) mass is 511 g/mol. The summed E-state index contributed by atoms with van der Waals surface area (Å²) in [5.74, 6) is 1.72. The number of imidazole rings is 1. The minimum absolute atomic E-state index is 0. The molecule has 1 N–H and O–H groups in total. The fraction of sp³-hybridized carbons (Fsp3) is 0.476. The molecule has 2 heterocycles. The number of nitrogens with zero attached hydrogens (tertiary/aromatic N) is 4. The van der Waals surface area contributed by atoms with Crippen molar-refractivity contribution in [2.75, 3.05) is 27.2 Å². The number of benzene rings is 1. The number of carbonyl (C=O) groups excluding carboxylic acids is 1. The van der Waals surface area contributed by atoms with Gasteiger partial charge in [0.05, 0.1) is 19.6 Å². The highest BCUT2D eigenvalue weighted by Gasteiger charge is 2.36. The first-order chi connectivity index (χ1) is 13.6. The normalized spacial score (nSPS) is 19.0. The molecular formula is C21H30IN5O2. The first-order valence-corrected chi connectivity index (χ1v) is 9.69. The Morgan fingerprint density at radius 1 is 1.31 bits per heavy atom. The SMILES string of the molecule is CN=C(NCc1nccn1CCc1ccccc1)N1CC(C)C(C(=O)OC)C1.I.